The van der Waals surface area contributed by atoms with Crippen LogP contribution in [-0.4, -0.2) is 17.8 Å². The molecule has 0 spiro atoms. The van der Waals surface area contributed by atoms with Gasteiger partial charge in [-0.25, -0.2) is 0 Å². The fraction of sp³-hybridized carbons (Fsp3) is 0.636. The molecule has 86 valence electrons. The molecule has 1 rings (SSSR count). The summed E-state index contributed by atoms with van der Waals surface area (Å²) in [7, 11) is 0. The molecule has 1 aromatic rings. The fourth-order valence-corrected chi connectivity index (χ4v) is 2.97. The summed E-state index contributed by atoms with van der Waals surface area (Å²) in [5.41, 5.74) is 0. The number of hydrogen-bond donors (Lipinski definition) is 2. The van der Waals surface area contributed by atoms with Crippen molar-refractivity contribution < 1.29 is 5.11 Å². The molecule has 0 amide bonds. The molecule has 0 saturated heterocycles. The lowest BCUT2D eigenvalue weighted by molar-refractivity contribution is 0.163. The monoisotopic (exact) mass is 291 g/mol. The topological polar surface area (TPSA) is 32.3 Å². The molecule has 0 bridgehead atoms. The first-order chi connectivity index (χ1) is 7.08. The normalized spacial score (nSPS) is 15.2. The molecule has 2 unspecified atom stereocenters. The number of hydrogen-bond acceptors (Lipinski definition) is 3. The molecule has 2 N–H and O–H groups in total. The van der Waals surface area contributed by atoms with Crippen LogP contribution < -0.4 is 5.32 Å². The van der Waals surface area contributed by atoms with Crippen molar-refractivity contribution in [1.29, 1.82) is 0 Å². The molecule has 0 fully saturated rings. The Hall–Kier alpha value is 0.1000. The molecule has 4 heteroatoms. The van der Waals surface area contributed by atoms with Gasteiger partial charge < -0.3 is 10.4 Å². The molecule has 0 aliphatic heterocycles. The predicted octanol–water partition coefficient (Wildman–Crippen LogP) is 3.01. The van der Waals surface area contributed by atoms with Gasteiger partial charge in [0.15, 0.2) is 0 Å². The summed E-state index contributed by atoms with van der Waals surface area (Å²) in [4.78, 5) is 1.34. The summed E-state index contributed by atoms with van der Waals surface area (Å²) >= 11 is 5.19. The largest absolute Gasteiger partial charge is 0.393 e. The van der Waals surface area contributed by atoms with Crippen molar-refractivity contribution in [2.75, 3.05) is 6.54 Å². The molecule has 2 nitrogen and oxygen atoms in total. The molecule has 0 saturated carbocycles. The number of aliphatic hydroxyl groups excluding tert-OH is 1. The average Bonchev–Trinajstić information content (AvgIpc) is 2.50. The number of nitrogens with one attached hydrogen (secondary N) is 1. The van der Waals surface area contributed by atoms with E-state index < -0.39 is 0 Å². The molecular weight excluding hydrogens is 274 g/mol. The van der Waals surface area contributed by atoms with Crippen LogP contribution in [0.15, 0.2) is 15.9 Å². The van der Waals surface area contributed by atoms with Gasteiger partial charge in [-0.15, -0.1) is 11.3 Å². The first-order valence-corrected chi connectivity index (χ1v) is 6.87. The summed E-state index contributed by atoms with van der Waals surface area (Å²) in [6, 6.07) is 2.14. The van der Waals surface area contributed by atoms with E-state index in [4.69, 9.17) is 0 Å². The van der Waals surface area contributed by atoms with E-state index in [-0.39, 0.29) is 6.10 Å². The quantitative estimate of drug-likeness (QED) is 0.845. The van der Waals surface area contributed by atoms with E-state index in [0.29, 0.717) is 5.92 Å². The Morgan fingerprint density at radius 3 is 2.80 bits per heavy atom. The van der Waals surface area contributed by atoms with Crippen molar-refractivity contribution >= 4 is 27.3 Å². The van der Waals surface area contributed by atoms with Crippen LogP contribution in [0.3, 0.4) is 0 Å². The summed E-state index contributed by atoms with van der Waals surface area (Å²) in [5, 5.41) is 14.7. The number of rotatable bonds is 6. The molecule has 0 radical (unpaired) electrons. The van der Waals surface area contributed by atoms with Crippen molar-refractivity contribution in [3.8, 4) is 0 Å². The van der Waals surface area contributed by atoms with Crippen molar-refractivity contribution in [2.24, 2.45) is 5.92 Å². The number of halogens is 1. The third-order valence-electron chi connectivity index (χ3n) is 2.16. The molecule has 1 heterocycles. The van der Waals surface area contributed by atoms with E-state index in [2.05, 4.69) is 39.6 Å². The lowest BCUT2D eigenvalue weighted by Gasteiger charge is -2.13. The van der Waals surface area contributed by atoms with E-state index in [1.54, 1.807) is 11.3 Å². The number of thiophene rings is 1. The van der Waals surface area contributed by atoms with Gasteiger partial charge in [-0.05, 0) is 47.8 Å². The highest BCUT2D eigenvalue weighted by Gasteiger charge is 2.05. The molecular formula is C11H18BrNOS. The fourth-order valence-electron chi connectivity index (χ4n) is 1.55. The Kier molecular flexibility index (Phi) is 5.82. The van der Waals surface area contributed by atoms with Gasteiger partial charge in [0.05, 0.1) is 6.10 Å². The standard InChI is InChI=1S/C11H18BrNOS/c1-8(3-9(2)14)5-13-6-11-4-10(12)7-15-11/h4,7-9,13-14H,3,5-6H2,1-2H3. The Morgan fingerprint density at radius 1 is 1.53 bits per heavy atom. The summed E-state index contributed by atoms with van der Waals surface area (Å²) in [6.45, 7) is 5.87. The molecule has 0 aliphatic carbocycles. The second-order valence-corrected chi connectivity index (χ2v) is 5.96. The highest BCUT2D eigenvalue weighted by atomic mass is 79.9. The minimum atomic E-state index is -0.197. The average molecular weight is 292 g/mol. The first-order valence-electron chi connectivity index (χ1n) is 5.19. The minimum Gasteiger partial charge on any atom is -0.393 e. The highest BCUT2D eigenvalue weighted by molar-refractivity contribution is 9.10. The predicted molar refractivity (Wildman–Crippen MR) is 69.2 cm³/mol. The van der Waals surface area contributed by atoms with E-state index in [0.717, 1.165) is 24.0 Å². The van der Waals surface area contributed by atoms with Gasteiger partial charge >= 0.3 is 0 Å². The van der Waals surface area contributed by atoms with Crippen LogP contribution in [0.1, 0.15) is 25.1 Å². The molecule has 0 aliphatic rings. The Bertz CT molecular complexity index is 288. The van der Waals surface area contributed by atoms with Gasteiger partial charge in [-0.1, -0.05) is 6.92 Å². The molecule has 0 aromatic carbocycles. The van der Waals surface area contributed by atoms with E-state index in [1.165, 1.54) is 4.88 Å². The van der Waals surface area contributed by atoms with Gasteiger partial charge in [-0.2, -0.15) is 0 Å². The zero-order chi connectivity index (χ0) is 11.3. The van der Waals surface area contributed by atoms with Gasteiger partial charge in [0, 0.05) is 21.3 Å². The van der Waals surface area contributed by atoms with Crippen LogP contribution in [0.4, 0.5) is 0 Å². The Balaban J connectivity index is 2.16. The molecule has 1 aromatic heterocycles. The third kappa shape index (κ3) is 5.66. The van der Waals surface area contributed by atoms with Crippen LogP contribution in [0.5, 0.6) is 0 Å². The Morgan fingerprint density at radius 2 is 2.27 bits per heavy atom. The first kappa shape index (κ1) is 13.2. The van der Waals surface area contributed by atoms with Gasteiger partial charge in [0.1, 0.15) is 0 Å². The molecule has 15 heavy (non-hydrogen) atoms. The second-order valence-electron chi connectivity index (χ2n) is 4.05. The van der Waals surface area contributed by atoms with Gasteiger partial charge in [0.2, 0.25) is 0 Å². The molecule has 2 atom stereocenters. The van der Waals surface area contributed by atoms with Gasteiger partial charge in [0.25, 0.3) is 0 Å². The van der Waals surface area contributed by atoms with Crippen molar-refractivity contribution in [2.45, 2.75) is 32.9 Å². The van der Waals surface area contributed by atoms with Crippen LogP contribution in [0, 0.1) is 5.92 Å². The summed E-state index contributed by atoms with van der Waals surface area (Å²) in [5.74, 6) is 0.522. The maximum atomic E-state index is 9.21. The SMILES string of the molecule is CC(O)CC(C)CNCc1cc(Br)cs1. The summed E-state index contributed by atoms with van der Waals surface area (Å²) < 4.78 is 1.15. The third-order valence-corrected chi connectivity index (χ3v) is 3.85. The maximum absolute atomic E-state index is 9.21. The van der Waals surface area contributed by atoms with Crippen LogP contribution in [0.2, 0.25) is 0 Å². The van der Waals surface area contributed by atoms with E-state index in [1.807, 2.05) is 6.92 Å². The van der Waals surface area contributed by atoms with Gasteiger partial charge in [-0.3, -0.25) is 0 Å². The van der Waals surface area contributed by atoms with E-state index >= 15 is 0 Å². The van der Waals surface area contributed by atoms with Crippen molar-refractivity contribution in [3.63, 3.8) is 0 Å². The van der Waals surface area contributed by atoms with Crippen LogP contribution in [-0.2, 0) is 6.54 Å². The van der Waals surface area contributed by atoms with Crippen LogP contribution in [0.25, 0.3) is 0 Å². The Labute approximate surface area is 104 Å². The van der Waals surface area contributed by atoms with Crippen molar-refractivity contribution in [1.82, 2.24) is 5.32 Å². The summed E-state index contributed by atoms with van der Waals surface area (Å²) in [6.07, 6.45) is 0.666. The zero-order valence-electron chi connectivity index (χ0n) is 9.16. The lowest BCUT2D eigenvalue weighted by Crippen LogP contribution is -2.22. The minimum absolute atomic E-state index is 0.197. The smallest absolute Gasteiger partial charge is 0.0515 e. The highest BCUT2D eigenvalue weighted by Crippen LogP contribution is 2.19. The van der Waals surface area contributed by atoms with E-state index in [9.17, 15) is 5.11 Å². The van der Waals surface area contributed by atoms with Crippen molar-refractivity contribution in [3.05, 3.63) is 20.8 Å². The zero-order valence-corrected chi connectivity index (χ0v) is 11.6. The lowest BCUT2D eigenvalue weighted by atomic mass is 10.1. The second kappa shape index (κ2) is 6.63. The number of aliphatic hydroxyl groups is 1. The van der Waals surface area contributed by atoms with Crippen LogP contribution >= 0.6 is 27.3 Å². The maximum Gasteiger partial charge on any atom is 0.0515 e.